The van der Waals surface area contributed by atoms with Gasteiger partial charge in [-0.05, 0) is 49.1 Å². The standard InChI is InChI=1S/C17H20FNO/c1-17(19,11-13-7-9-15(18)10-8-13)12-14-5-3-4-6-16(14)20-2/h3-10H,11-12,19H2,1-2H3. The van der Waals surface area contributed by atoms with Crippen LogP contribution in [0.1, 0.15) is 18.1 Å². The first-order valence-corrected chi connectivity index (χ1v) is 6.65. The number of hydrogen-bond acceptors (Lipinski definition) is 2. The van der Waals surface area contributed by atoms with E-state index in [1.165, 1.54) is 12.1 Å². The predicted molar refractivity (Wildman–Crippen MR) is 79.4 cm³/mol. The first-order valence-electron chi connectivity index (χ1n) is 6.65. The van der Waals surface area contributed by atoms with E-state index in [0.29, 0.717) is 12.8 Å². The molecule has 2 nitrogen and oxygen atoms in total. The molecule has 0 heterocycles. The number of methoxy groups -OCH3 is 1. The summed E-state index contributed by atoms with van der Waals surface area (Å²) in [6.45, 7) is 2.00. The van der Waals surface area contributed by atoms with Gasteiger partial charge in [0.2, 0.25) is 0 Å². The second-order valence-electron chi connectivity index (χ2n) is 5.45. The summed E-state index contributed by atoms with van der Waals surface area (Å²) in [7, 11) is 1.66. The molecule has 0 amide bonds. The maximum Gasteiger partial charge on any atom is 0.123 e. The van der Waals surface area contributed by atoms with E-state index in [0.717, 1.165) is 16.9 Å². The van der Waals surface area contributed by atoms with Crippen molar-refractivity contribution in [3.8, 4) is 5.75 Å². The maximum atomic E-state index is 12.9. The molecule has 3 heteroatoms. The first kappa shape index (κ1) is 14.5. The molecule has 0 radical (unpaired) electrons. The van der Waals surface area contributed by atoms with Gasteiger partial charge < -0.3 is 10.5 Å². The largest absolute Gasteiger partial charge is 0.496 e. The lowest BCUT2D eigenvalue weighted by atomic mass is 9.87. The Kier molecular flexibility index (Phi) is 4.40. The summed E-state index contributed by atoms with van der Waals surface area (Å²) in [4.78, 5) is 0. The van der Waals surface area contributed by atoms with Gasteiger partial charge in [0, 0.05) is 5.54 Å². The van der Waals surface area contributed by atoms with Crippen LogP contribution in [0.25, 0.3) is 0 Å². The van der Waals surface area contributed by atoms with Crippen LogP contribution in [0, 0.1) is 5.82 Å². The van der Waals surface area contributed by atoms with E-state index >= 15 is 0 Å². The third-order valence-electron chi connectivity index (χ3n) is 3.31. The van der Waals surface area contributed by atoms with Gasteiger partial charge in [-0.3, -0.25) is 0 Å². The minimum Gasteiger partial charge on any atom is -0.496 e. The molecule has 2 N–H and O–H groups in total. The van der Waals surface area contributed by atoms with Crippen molar-refractivity contribution < 1.29 is 9.13 Å². The fourth-order valence-electron chi connectivity index (χ4n) is 2.42. The van der Waals surface area contributed by atoms with Crippen molar-refractivity contribution in [2.24, 2.45) is 5.73 Å². The number of nitrogens with two attached hydrogens (primary N) is 1. The second kappa shape index (κ2) is 6.06. The van der Waals surface area contributed by atoms with E-state index < -0.39 is 5.54 Å². The number of rotatable bonds is 5. The van der Waals surface area contributed by atoms with E-state index in [9.17, 15) is 4.39 Å². The molecule has 1 atom stereocenters. The van der Waals surface area contributed by atoms with Crippen LogP contribution >= 0.6 is 0 Å². The van der Waals surface area contributed by atoms with Crippen LogP contribution < -0.4 is 10.5 Å². The van der Waals surface area contributed by atoms with E-state index in [1.807, 2.05) is 31.2 Å². The van der Waals surface area contributed by atoms with E-state index in [2.05, 4.69) is 0 Å². The summed E-state index contributed by atoms with van der Waals surface area (Å²) in [6, 6.07) is 14.4. The van der Waals surface area contributed by atoms with Crippen molar-refractivity contribution in [2.45, 2.75) is 25.3 Å². The minimum absolute atomic E-state index is 0.225. The lowest BCUT2D eigenvalue weighted by Crippen LogP contribution is -2.41. The van der Waals surface area contributed by atoms with E-state index in [-0.39, 0.29) is 5.82 Å². The zero-order chi connectivity index (χ0) is 14.6. The lowest BCUT2D eigenvalue weighted by Gasteiger charge is -2.26. The summed E-state index contributed by atoms with van der Waals surface area (Å²) in [6.07, 6.45) is 1.39. The Bertz CT molecular complexity index is 563. The molecule has 0 saturated heterocycles. The van der Waals surface area contributed by atoms with Gasteiger partial charge in [0.1, 0.15) is 11.6 Å². The monoisotopic (exact) mass is 273 g/mol. The maximum absolute atomic E-state index is 12.9. The molecular formula is C17H20FNO. The highest BCUT2D eigenvalue weighted by Crippen LogP contribution is 2.24. The van der Waals surface area contributed by atoms with Crippen molar-refractivity contribution in [2.75, 3.05) is 7.11 Å². The number of benzene rings is 2. The summed E-state index contributed by atoms with van der Waals surface area (Å²) in [5.41, 5.74) is 8.10. The molecule has 2 aromatic carbocycles. The number of para-hydroxylation sites is 1. The van der Waals surface area contributed by atoms with Gasteiger partial charge in [-0.1, -0.05) is 30.3 Å². The van der Waals surface area contributed by atoms with Crippen molar-refractivity contribution >= 4 is 0 Å². The molecule has 1 unspecified atom stereocenters. The van der Waals surface area contributed by atoms with Crippen LogP contribution in [0.4, 0.5) is 4.39 Å². The van der Waals surface area contributed by atoms with Crippen LogP contribution in [-0.2, 0) is 12.8 Å². The molecule has 0 spiro atoms. The van der Waals surface area contributed by atoms with E-state index in [1.54, 1.807) is 19.2 Å². The third-order valence-corrected chi connectivity index (χ3v) is 3.31. The molecule has 2 rings (SSSR count). The Morgan fingerprint density at radius 1 is 1.05 bits per heavy atom. The number of halogens is 1. The lowest BCUT2D eigenvalue weighted by molar-refractivity contribution is 0.396. The molecule has 20 heavy (non-hydrogen) atoms. The van der Waals surface area contributed by atoms with Gasteiger partial charge in [0.05, 0.1) is 7.11 Å². The molecule has 106 valence electrons. The minimum atomic E-state index is -0.410. The van der Waals surface area contributed by atoms with E-state index in [4.69, 9.17) is 10.5 Å². The molecule has 0 saturated carbocycles. The highest BCUT2D eigenvalue weighted by molar-refractivity contribution is 5.35. The third kappa shape index (κ3) is 3.81. The summed E-state index contributed by atoms with van der Waals surface area (Å²) in [5, 5.41) is 0. The molecule has 0 bridgehead atoms. The van der Waals surface area contributed by atoms with Gasteiger partial charge in [-0.15, -0.1) is 0 Å². The zero-order valence-electron chi connectivity index (χ0n) is 11.9. The number of ether oxygens (including phenoxy) is 1. The van der Waals surface area contributed by atoms with Gasteiger partial charge in [0.15, 0.2) is 0 Å². The zero-order valence-corrected chi connectivity index (χ0v) is 11.9. The van der Waals surface area contributed by atoms with Gasteiger partial charge in [-0.25, -0.2) is 4.39 Å². The normalized spacial score (nSPS) is 13.8. The Labute approximate surface area is 119 Å². The Morgan fingerprint density at radius 2 is 1.70 bits per heavy atom. The fraction of sp³-hybridized carbons (Fsp3) is 0.294. The van der Waals surface area contributed by atoms with Crippen molar-refractivity contribution in [1.29, 1.82) is 0 Å². The van der Waals surface area contributed by atoms with Gasteiger partial charge >= 0.3 is 0 Å². The van der Waals surface area contributed by atoms with Gasteiger partial charge in [0.25, 0.3) is 0 Å². The summed E-state index contributed by atoms with van der Waals surface area (Å²) < 4.78 is 18.3. The molecule has 0 fully saturated rings. The van der Waals surface area contributed by atoms with Gasteiger partial charge in [-0.2, -0.15) is 0 Å². The smallest absolute Gasteiger partial charge is 0.123 e. The highest BCUT2D eigenvalue weighted by atomic mass is 19.1. The average molecular weight is 273 g/mol. The molecule has 2 aromatic rings. The average Bonchev–Trinajstić information content (AvgIpc) is 2.41. The predicted octanol–water partition coefficient (Wildman–Crippen LogP) is 3.34. The molecule has 0 aliphatic heterocycles. The molecule has 0 aliphatic carbocycles. The first-order chi connectivity index (χ1) is 9.50. The number of hydrogen-bond donors (Lipinski definition) is 1. The van der Waals surface area contributed by atoms with Crippen LogP contribution in [0.2, 0.25) is 0 Å². The Morgan fingerprint density at radius 3 is 2.35 bits per heavy atom. The second-order valence-corrected chi connectivity index (χ2v) is 5.45. The fourth-order valence-corrected chi connectivity index (χ4v) is 2.42. The summed E-state index contributed by atoms with van der Waals surface area (Å²) >= 11 is 0. The van der Waals surface area contributed by atoms with Crippen LogP contribution in [0.5, 0.6) is 5.75 Å². The quantitative estimate of drug-likeness (QED) is 0.907. The SMILES string of the molecule is COc1ccccc1CC(C)(N)Cc1ccc(F)cc1. The molecule has 0 aromatic heterocycles. The topological polar surface area (TPSA) is 35.2 Å². The van der Waals surface area contributed by atoms with Crippen LogP contribution in [0.15, 0.2) is 48.5 Å². The van der Waals surface area contributed by atoms with Crippen molar-refractivity contribution in [1.82, 2.24) is 0 Å². The van der Waals surface area contributed by atoms with Crippen LogP contribution in [-0.4, -0.2) is 12.6 Å². The molecule has 0 aliphatic rings. The van der Waals surface area contributed by atoms with Crippen LogP contribution in [0.3, 0.4) is 0 Å². The van der Waals surface area contributed by atoms with Crippen molar-refractivity contribution in [3.63, 3.8) is 0 Å². The van der Waals surface area contributed by atoms with Crippen molar-refractivity contribution in [3.05, 3.63) is 65.5 Å². The Balaban J connectivity index is 2.12. The summed E-state index contributed by atoms with van der Waals surface area (Å²) in [5.74, 6) is 0.625. The molecular weight excluding hydrogens is 253 g/mol. The Hall–Kier alpha value is -1.87. The highest BCUT2D eigenvalue weighted by Gasteiger charge is 2.21.